The van der Waals surface area contributed by atoms with Crippen molar-refractivity contribution in [3.05, 3.63) is 11.8 Å². The maximum atomic E-state index is 9.58. The molecule has 1 aromatic rings. The van der Waals surface area contributed by atoms with Gasteiger partial charge in [-0.3, -0.25) is 0 Å². The predicted molar refractivity (Wildman–Crippen MR) is 62.3 cm³/mol. The molecule has 1 aromatic heterocycles. The summed E-state index contributed by atoms with van der Waals surface area (Å²) in [4.78, 5) is 9.89. The van der Waals surface area contributed by atoms with Crippen LogP contribution in [-0.4, -0.2) is 48.5 Å². The fraction of sp³-hybridized carbons (Fsp3) is 0.600. The second-order valence-corrected chi connectivity index (χ2v) is 3.72. The highest BCUT2D eigenvalue weighted by molar-refractivity contribution is 5.42. The van der Waals surface area contributed by atoms with E-state index in [4.69, 9.17) is 10.5 Å². The van der Waals surface area contributed by atoms with Gasteiger partial charge in [0, 0.05) is 32.5 Å². The zero-order valence-corrected chi connectivity index (χ0v) is 9.84. The molecule has 3 N–H and O–H groups in total. The number of nitrogens with two attached hydrogens (primary N) is 1. The molecule has 0 amide bonds. The Kier molecular flexibility index (Phi) is 4.45. The van der Waals surface area contributed by atoms with Crippen molar-refractivity contribution in [1.82, 2.24) is 9.97 Å². The molecule has 0 saturated heterocycles. The number of aryl methyl sites for hydroxylation is 1. The first-order valence-corrected chi connectivity index (χ1v) is 5.02. The molecule has 1 unspecified atom stereocenters. The quantitative estimate of drug-likeness (QED) is 0.724. The van der Waals surface area contributed by atoms with E-state index in [0.717, 1.165) is 5.69 Å². The number of ether oxygens (including phenoxy) is 1. The van der Waals surface area contributed by atoms with Gasteiger partial charge in [-0.15, -0.1) is 0 Å². The molecule has 0 aliphatic heterocycles. The molecular formula is C10H18N4O2. The smallest absolute Gasteiger partial charge is 0.222 e. The summed E-state index contributed by atoms with van der Waals surface area (Å²) < 4.78 is 4.85. The Morgan fingerprint density at radius 2 is 2.25 bits per heavy atom. The van der Waals surface area contributed by atoms with E-state index < -0.39 is 6.10 Å². The van der Waals surface area contributed by atoms with Crippen molar-refractivity contribution in [1.29, 1.82) is 0 Å². The van der Waals surface area contributed by atoms with Crippen LogP contribution in [0.3, 0.4) is 0 Å². The molecule has 16 heavy (non-hydrogen) atoms. The van der Waals surface area contributed by atoms with Gasteiger partial charge in [-0.05, 0) is 6.92 Å². The Hall–Kier alpha value is -1.40. The van der Waals surface area contributed by atoms with Crippen molar-refractivity contribution >= 4 is 11.8 Å². The number of likely N-dealkylation sites (N-methyl/N-ethyl adjacent to an activating group) is 1. The third kappa shape index (κ3) is 3.63. The molecule has 6 heteroatoms. The van der Waals surface area contributed by atoms with Crippen LogP contribution in [0.4, 0.5) is 11.8 Å². The van der Waals surface area contributed by atoms with Gasteiger partial charge in [0.2, 0.25) is 5.95 Å². The summed E-state index contributed by atoms with van der Waals surface area (Å²) >= 11 is 0. The molecule has 0 saturated carbocycles. The number of rotatable bonds is 5. The Bertz CT molecular complexity index is 325. The Balaban J connectivity index is 2.68. The van der Waals surface area contributed by atoms with Gasteiger partial charge in [0.25, 0.3) is 0 Å². The van der Waals surface area contributed by atoms with E-state index >= 15 is 0 Å². The predicted octanol–water partition coefficient (Wildman–Crippen LogP) is -0.189. The molecule has 0 spiro atoms. The fourth-order valence-electron chi connectivity index (χ4n) is 1.42. The second-order valence-electron chi connectivity index (χ2n) is 3.72. The fourth-order valence-corrected chi connectivity index (χ4v) is 1.42. The van der Waals surface area contributed by atoms with Gasteiger partial charge in [-0.25, -0.2) is 4.98 Å². The number of nitrogens with zero attached hydrogens (tertiary/aromatic N) is 3. The van der Waals surface area contributed by atoms with Crippen molar-refractivity contribution < 1.29 is 9.84 Å². The topological polar surface area (TPSA) is 84.5 Å². The Morgan fingerprint density at radius 3 is 2.81 bits per heavy atom. The minimum Gasteiger partial charge on any atom is -0.389 e. The summed E-state index contributed by atoms with van der Waals surface area (Å²) in [5, 5.41) is 9.58. The molecule has 0 fully saturated rings. The van der Waals surface area contributed by atoms with Crippen molar-refractivity contribution in [2.45, 2.75) is 13.0 Å². The first-order chi connectivity index (χ1) is 7.52. The van der Waals surface area contributed by atoms with E-state index in [0.29, 0.717) is 19.0 Å². The lowest BCUT2D eigenvalue weighted by atomic mass is 10.3. The van der Waals surface area contributed by atoms with Gasteiger partial charge in [0.05, 0.1) is 12.7 Å². The number of anilines is 2. The minimum absolute atomic E-state index is 0.239. The van der Waals surface area contributed by atoms with Crippen LogP contribution in [-0.2, 0) is 4.74 Å². The molecule has 0 aliphatic rings. The molecule has 90 valence electrons. The van der Waals surface area contributed by atoms with Crippen LogP contribution in [0.1, 0.15) is 5.69 Å². The van der Waals surface area contributed by atoms with Gasteiger partial charge >= 0.3 is 0 Å². The van der Waals surface area contributed by atoms with E-state index in [1.165, 1.54) is 0 Å². The summed E-state index contributed by atoms with van der Waals surface area (Å²) in [7, 11) is 3.39. The van der Waals surface area contributed by atoms with Gasteiger partial charge in [0.15, 0.2) is 0 Å². The molecule has 0 aromatic carbocycles. The maximum Gasteiger partial charge on any atom is 0.222 e. The lowest BCUT2D eigenvalue weighted by Crippen LogP contribution is -2.32. The summed E-state index contributed by atoms with van der Waals surface area (Å²) in [5.41, 5.74) is 6.35. The lowest BCUT2D eigenvalue weighted by Gasteiger charge is -2.21. The first-order valence-electron chi connectivity index (χ1n) is 5.02. The Labute approximate surface area is 95.1 Å². The number of aliphatic hydroxyl groups is 1. The average Bonchev–Trinajstić information content (AvgIpc) is 2.16. The summed E-state index contributed by atoms with van der Waals surface area (Å²) in [5.74, 6) is 0.934. The molecule has 6 nitrogen and oxygen atoms in total. The Morgan fingerprint density at radius 1 is 1.56 bits per heavy atom. The normalized spacial score (nSPS) is 12.5. The summed E-state index contributed by atoms with van der Waals surface area (Å²) in [6, 6.07) is 1.82. The zero-order valence-electron chi connectivity index (χ0n) is 9.84. The highest BCUT2D eigenvalue weighted by Crippen LogP contribution is 2.11. The molecule has 0 bridgehead atoms. The highest BCUT2D eigenvalue weighted by atomic mass is 16.5. The largest absolute Gasteiger partial charge is 0.389 e. The maximum absolute atomic E-state index is 9.58. The van der Waals surface area contributed by atoms with Crippen LogP contribution in [0.2, 0.25) is 0 Å². The second kappa shape index (κ2) is 5.62. The van der Waals surface area contributed by atoms with E-state index in [2.05, 4.69) is 9.97 Å². The molecule has 1 heterocycles. The van der Waals surface area contributed by atoms with E-state index in [9.17, 15) is 5.11 Å². The van der Waals surface area contributed by atoms with E-state index in [1.54, 1.807) is 7.11 Å². The van der Waals surface area contributed by atoms with Crippen molar-refractivity contribution in [2.75, 3.05) is 37.9 Å². The summed E-state index contributed by atoms with van der Waals surface area (Å²) in [6.45, 7) is 2.58. The third-order valence-corrected chi connectivity index (χ3v) is 2.09. The minimum atomic E-state index is -0.550. The molecular weight excluding hydrogens is 208 g/mol. The number of aromatic nitrogens is 2. The van der Waals surface area contributed by atoms with Crippen LogP contribution >= 0.6 is 0 Å². The van der Waals surface area contributed by atoms with Crippen molar-refractivity contribution in [3.63, 3.8) is 0 Å². The van der Waals surface area contributed by atoms with Crippen molar-refractivity contribution in [3.8, 4) is 0 Å². The van der Waals surface area contributed by atoms with Crippen LogP contribution in [0.25, 0.3) is 0 Å². The van der Waals surface area contributed by atoms with Crippen LogP contribution in [0.15, 0.2) is 6.07 Å². The standard InChI is InChI=1S/C10H18N4O2/c1-7-4-9(13-10(11)12-7)14(2)5-8(15)6-16-3/h4,8,15H,5-6H2,1-3H3,(H2,11,12,13). The van der Waals surface area contributed by atoms with Gasteiger partial charge in [-0.1, -0.05) is 0 Å². The van der Waals surface area contributed by atoms with Gasteiger partial charge in [0.1, 0.15) is 5.82 Å². The number of hydrogen-bond acceptors (Lipinski definition) is 6. The van der Waals surface area contributed by atoms with Crippen LogP contribution < -0.4 is 10.6 Å². The monoisotopic (exact) mass is 226 g/mol. The average molecular weight is 226 g/mol. The van der Waals surface area contributed by atoms with Crippen molar-refractivity contribution in [2.24, 2.45) is 0 Å². The SMILES string of the molecule is COCC(O)CN(C)c1cc(C)nc(N)n1. The molecule has 0 aliphatic carbocycles. The third-order valence-electron chi connectivity index (χ3n) is 2.09. The van der Waals surface area contributed by atoms with Gasteiger partial charge in [-0.2, -0.15) is 4.98 Å². The molecule has 1 rings (SSSR count). The van der Waals surface area contributed by atoms with Gasteiger partial charge < -0.3 is 20.5 Å². The number of hydrogen-bond donors (Lipinski definition) is 2. The number of methoxy groups -OCH3 is 1. The summed E-state index contributed by atoms with van der Waals surface area (Å²) in [6.07, 6.45) is -0.550. The zero-order chi connectivity index (χ0) is 12.1. The van der Waals surface area contributed by atoms with Crippen LogP contribution in [0.5, 0.6) is 0 Å². The lowest BCUT2D eigenvalue weighted by molar-refractivity contribution is 0.0694. The van der Waals surface area contributed by atoms with Crippen LogP contribution in [0, 0.1) is 6.92 Å². The number of aliphatic hydroxyl groups excluding tert-OH is 1. The van der Waals surface area contributed by atoms with E-state index in [1.807, 2.05) is 24.9 Å². The van der Waals surface area contributed by atoms with E-state index in [-0.39, 0.29) is 5.95 Å². The first kappa shape index (κ1) is 12.7. The number of nitrogen functional groups attached to an aromatic ring is 1. The molecule has 1 atom stereocenters. The highest BCUT2D eigenvalue weighted by Gasteiger charge is 2.10. The molecule has 0 radical (unpaired) electrons.